The van der Waals surface area contributed by atoms with Gasteiger partial charge in [-0.05, 0) is 66.2 Å². The van der Waals surface area contributed by atoms with E-state index < -0.39 is 0 Å². The largest absolute Gasteiger partial charge is 0.488 e. The summed E-state index contributed by atoms with van der Waals surface area (Å²) in [5.41, 5.74) is 5.54. The number of aromatic nitrogens is 2. The molecule has 5 heteroatoms. The van der Waals surface area contributed by atoms with Gasteiger partial charge in [-0.1, -0.05) is 23.7 Å². The molecule has 1 aromatic heterocycles. The standard InChI is InChI=1S/C22H18ClN3O/c23-14-4-5-15-13(8-14)11-27-20-10-16-12(9-17(15)20)3-6-18-21(16)26-22(25-18)19-2-1-7-24-19/h3-6,8-10,19,24H,1-2,7,11H2,(H,25,26). The second kappa shape index (κ2) is 5.72. The Labute approximate surface area is 161 Å². The van der Waals surface area contributed by atoms with E-state index in [0.29, 0.717) is 12.6 Å². The maximum atomic E-state index is 6.15. The first-order valence-electron chi connectivity index (χ1n) is 9.38. The molecule has 1 atom stereocenters. The third kappa shape index (κ3) is 2.37. The molecule has 0 bridgehead atoms. The lowest BCUT2D eigenvalue weighted by molar-refractivity contribution is 0.303. The van der Waals surface area contributed by atoms with Gasteiger partial charge in [-0.25, -0.2) is 4.98 Å². The van der Waals surface area contributed by atoms with Gasteiger partial charge in [-0.2, -0.15) is 0 Å². The summed E-state index contributed by atoms with van der Waals surface area (Å²) in [4.78, 5) is 8.44. The van der Waals surface area contributed by atoms with Crippen molar-refractivity contribution in [2.24, 2.45) is 0 Å². The molecular formula is C22H18ClN3O. The van der Waals surface area contributed by atoms with E-state index in [2.05, 4.69) is 40.6 Å². The number of hydrogen-bond acceptors (Lipinski definition) is 3. The minimum atomic E-state index is 0.331. The average molecular weight is 376 g/mol. The van der Waals surface area contributed by atoms with Gasteiger partial charge in [-0.15, -0.1) is 0 Å². The summed E-state index contributed by atoms with van der Waals surface area (Å²) in [7, 11) is 0. The van der Waals surface area contributed by atoms with Crippen molar-refractivity contribution < 1.29 is 4.74 Å². The van der Waals surface area contributed by atoms with Gasteiger partial charge in [-0.3, -0.25) is 0 Å². The fourth-order valence-electron chi connectivity index (χ4n) is 4.36. The molecule has 0 amide bonds. The van der Waals surface area contributed by atoms with E-state index in [1.807, 2.05) is 12.1 Å². The van der Waals surface area contributed by atoms with Crippen LogP contribution in [0.25, 0.3) is 32.9 Å². The number of hydrogen-bond donors (Lipinski definition) is 2. The summed E-state index contributed by atoms with van der Waals surface area (Å²) in [6.45, 7) is 1.61. The monoisotopic (exact) mass is 375 g/mol. The van der Waals surface area contributed by atoms with Crippen LogP contribution in [0.2, 0.25) is 5.02 Å². The van der Waals surface area contributed by atoms with E-state index in [-0.39, 0.29) is 0 Å². The quantitative estimate of drug-likeness (QED) is 0.471. The van der Waals surface area contributed by atoms with Gasteiger partial charge >= 0.3 is 0 Å². The summed E-state index contributed by atoms with van der Waals surface area (Å²) in [6, 6.07) is 15.0. The third-order valence-corrected chi connectivity index (χ3v) is 5.95. The molecule has 27 heavy (non-hydrogen) atoms. The molecule has 1 fully saturated rings. The molecule has 2 aliphatic heterocycles. The van der Waals surface area contributed by atoms with Crippen molar-refractivity contribution in [3.8, 4) is 16.9 Å². The highest BCUT2D eigenvalue weighted by Crippen LogP contribution is 2.42. The van der Waals surface area contributed by atoms with Crippen LogP contribution in [0.1, 0.15) is 30.3 Å². The van der Waals surface area contributed by atoms with Crippen LogP contribution in [0.3, 0.4) is 0 Å². The summed E-state index contributed by atoms with van der Waals surface area (Å²) < 4.78 is 6.06. The van der Waals surface area contributed by atoms with Crippen LogP contribution < -0.4 is 10.1 Å². The van der Waals surface area contributed by atoms with Crippen molar-refractivity contribution in [2.45, 2.75) is 25.5 Å². The van der Waals surface area contributed by atoms with E-state index in [0.717, 1.165) is 57.1 Å². The molecule has 4 nitrogen and oxygen atoms in total. The topological polar surface area (TPSA) is 49.9 Å². The van der Waals surface area contributed by atoms with Crippen LogP contribution in [0.15, 0.2) is 42.5 Å². The van der Waals surface area contributed by atoms with Crippen molar-refractivity contribution in [2.75, 3.05) is 6.54 Å². The summed E-state index contributed by atoms with van der Waals surface area (Å²) >= 11 is 6.15. The van der Waals surface area contributed by atoms with Gasteiger partial charge in [0, 0.05) is 16.0 Å². The maximum absolute atomic E-state index is 6.15. The molecular weight excluding hydrogens is 358 g/mol. The molecule has 0 saturated carbocycles. The summed E-state index contributed by atoms with van der Waals surface area (Å²) in [5, 5.41) is 6.56. The van der Waals surface area contributed by atoms with Crippen LogP contribution in [0.4, 0.5) is 0 Å². The highest BCUT2D eigenvalue weighted by Gasteiger charge is 2.22. The number of ether oxygens (including phenoxy) is 1. The number of rotatable bonds is 1. The molecule has 4 aromatic rings. The Bertz CT molecular complexity index is 1210. The Balaban J connectivity index is 1.56. The van der Waals surface area contributed by atoms with E-state index in [4.69, 9.17) is 21.3 Å². The molecule has 2 aliphatic rings. The second-order valence-corrected chi connectivity index (χ2v) is 7.83. The van der Waals surface area contributed by atoms with E-state index in [9.17, 15) is 0 Å². The van der Waals surface area contributed by atoms with Crippen molar-refractivity contribution in [3.63, 3.8) is 0 Å². The van der Waals surface area contributed by atoms with Gasteiger partial charge in [0.05, 0.1) is 17.1 Å². The fraction of sp³-hybridized carbons (Fsp3) is 0.227. The molecule has 1 saturated heterocycles. The van der Waals surface area contributed by atoms with Gasteiger partial charge in [0.2, 0.25) is 0 Å². The Morgan fingerprint density at radius 2 is 2.04 bits per heavy atom. The maximum Gasteiger partial charge on any atom is 0.128 e. The minimum absolute atomic E-state index is 0.331. The molecule has 1 unspecified atom stereocenters. The lowest BCUT2D eigenvalue weighted by Gasteiger charge is -2.21. The molecule has 134 valence electrons. The van der Waals surface area contributed by atoms with Crippen LogP contribution >= 0.6 is 11.6 Å². The highest BCUT2D eigenvalue weighted by molar-refractivity contribution is 6.30. The zero-order valence-corrected chi connectivity index (χ0v) is 15.4. The number of imidazole rings is 1. The number of aromatic amines is 1. The van der Waals surface area contributed by atoms with Crippen LogP contribution in [0.5, 0.6) is 5.75 Å². The normalized spacial score (nSPS) is 18.5. The molecule has 0 spiro atoms. The van der Waals surface area contributed by atoms with Crippen molar-refractivity contribution in [1.29, 1.82) is 0 Å². The highest BCUT2D eigenvalue weighted by atomic mass is 35.5. The lowest BCUT2D eigenvalue weighted by atomic mass is 9.94. The number of halogens is 1. The van der Waals surface area contributed by atoms with Gasteiger partial charge in [0.15, 0.2) is 0 Å². The van der Waals surface area contributed by atoms with Crippen molar-refractivity contribution in [3.05, 3.63) is 58.9 Å². The molecule has 6 rings (SSSR count). The number of fused-ring (bicyclic) bond motifs is 6. The van der Waals surface area contributed by atoms with Crippen LogP contribution in [-0.4, -0.2) is 16.5 Å². The molecule has 3 aromatic carbocycles. The van der Waals surface area contributed by atoms with Crippen LogP contribution in [0, 0.1) is 0 Å². The molecule has 3 heterocycles. The first kappa shape index (κ1) is 15.5. The Kier molecular flexibility index (Phi) is 3.28. The third-order valence-electron chi connectivity index (χ3n) is 5.72. The minimum Gasteiger partial charge on any atom is -0.488 e. The summed E-state index contributed by atoms with van der Waals surface area (Å²) in [6.07, 6.45) is 2.34. The van der Waals surface area contributed by atoms with E-state index in [1.54, 1.807) is 0 Å². The number of nitrogens with one attached hydrogen (secondary N) is 2. The average Bonchev–Trinajstić information content (AvgIpc) is 3.35. The molecule has 2 N–H and O–H groups in total. The predicted octanol–water partition coefficient (Wildman–Crippen LogP) is 5.35. The zero-order valence-electron chi connectivity index (χ0n) is 14.7. The number of H-pyrrole nitrogens is 1. The van der Waals surface area contributed by atoms with Gasteiger partial charge < -0.3 is 15.0 Å². The van der Waals surface area contributed by atoms with Crippen LogP contribution in [-0.2, 0) is 6.61 Å². The Morgan fingerprint density at radius 1 is 1.07 bits per heavy atom. The Hall–Kier alpha value is -2.56. The molecule has 0 radical (unpaired) electrons. The van der Waals surface area contributed by atoms with E-state index >= 15 is 0 Å². The smallest absolute Gasteiger partial charge is 0.128 e. The summed E-state index contributed by atoms with van der Waals surface area (Å²) in [5.74, 6) is 1.95. The van der Waals surface area contributed by atoms with Gasteiger partial charge in [0.1, 0.15) is 18.2 Å². The first-order valence-corrected chi connectivity index (χ1v) is 9.75. The van der Waals surface area contributed by atoms with Crippen molar-refractivity contribution in [1.82, 2.24) is 15.3 Å². The first-order chi connectivity index (χ1) is 13.3. The number of nitrogens with zero attached hydrogens (tertiary/aromatic N) is 1. The van der Waals surface area contributed by atoms with Crippen molar-refractivity contribution >= 4 is 33.4 Å². The molecule has 0 aliphatic carbocycles. The van der Waals surface area contributed by atoms with E-state index in [1.165, 1.54) is 17.4 Å². The zero-order chi connectivity index (χ0) is 18.0. The fourth-order valence-corrected chi connectivity index (χ4v) is 4.55. The lowest BCUT2D eigenvalue weighted by Crippen LogP contribution is -2.14. The predicted molar refractivity (Wildman–Crippen MR) is 108 cm³/mol. The Morgan fingerprint density at radius 3 is 2.93 bits per heavy atom. The second-order valence-electron chi connectivity index (χ2n) is 7.39. The SMILES string of the molecule is Clc1ccc2c(c1)COc1cc3c(ccc4[nH]c(C5CCCN5)nc43)cc1-2. The van der Waals surface area contributed by atoms with Gasteiger partial charge in [0.25, 0.3) is 0 Å². The number of benzene rings is 3.